The van der Waals surface area contributed by atoms with E-state index in [1.54, 1.807) is 31.4 Å². The van der Waals surface area contributed by atoms with Gasteiger partial charge in [-0.25, -0.2) is 0 Å². The van der Waals surface area contributed by atoms with Gasteiger partial charge in [-0.05, 0) is 62.8 Å². The molecule has 1 aromatic rings. The molecule has 7 heteroatoms. The highest BCUT2D eigenvalue weighted by Gasteiger charge is 2.34. The summed E-state index contributed by atoms with van der Waals surface area (Å²) in [6, 6.07) is 6.14. The molecule has 1 fully saturated rings. The molecule has 0 bridgehead atoms. The van der Waals surface area contributed by atoms with E-state index in [1.807, 2.05) is 32.6 Å². The van der Waals surface area contributed by atoms with Gasteiger partial charge in [-0.3, -0.25) is 14.4 Å². The molecule has 166 valence electrons. The molecule has 1 aromatic carbocycles. The average molecular weight is 418 g/mol. The van der Waals surface area contributed by atoms with Gasteiger partial charge in [-0.2, -0.15) is 0 Å². The first-order chi connectivity index (χ1) is 14.2. The average Bonchev–Trinajstić information content (AvgIpc) is 2.71. The van der Waals surface area contributed by atoms with Gasteiger partial charge >= 0.3 is 0 Å². The van der Waals surface area contributed by atoms with Crippen molar-refractivity contribution in [3.8, 4) is 5.75 Å². The third kappa shape index (κ3) is 6.75. The van der Waals surface area contributed by atoms with E-state index < -0.39 is 6.04 Å². The Labute approximate surface area is 179 Å². The van der Waals surface area contributed by atoms with Crippen molar-refractivity contribution in [3.05, 3.63) is 29.8 Å². The van der Waals surface area contributed by atoms with E-state index in [-0.39, 0.29) is 29.7 Å². The maximum absolute atomic E-state index is 12.9. The number of rotatable bonds is 8. The van der Waals surface area contributed by atoms with Crippen LogP contribution in [-0.4, -0.2) is 54.9 Å². The largest absolute Gasteiger partial charge is 0.497 e. The minimum absolute atomic E-state index is 0.0194. The monoisotopic (exact) mass is 417 g/mol. The fraction of sp³-hybridized carbons (Fsp3) is 0.609. The second-order valence-electron chi connectivity index (χ2n) is 8.66. The normalized spacial score (nSPS) is 15.8. The number of nitrogens with one attached hydrogen (secondary N) is 2. The summed E-state index contributed by atoms with van der Waals surface area (Å²) in [5.74, 6) is 0.657. The molecule has 0 aliphatic carbocycles. The van der Waals surface area contributed by atoms with Crippen LogP contribution in [0.1, 0.15) is 57.3 Å². The predicted octanol–water partition coefficient (Wildman–Crippen LogP) is 2.60. The summed E-state index contributed by atoms with van der Waals surface area (Å²) in [6.07, 6.45) is 1.90. The standard InChI is InChI=1S/C23H35N3O4/c1-15(2)14-20(27)26-12-10-17(11-13-26)21(23(29)24-16(3)4)25-22(28)18-6-8-19(30-5)9-7-18/h6-9,15-17,21H,10-14H2,1-5H3,(H,24,29)(H,25,28)/t21-/m1/s1. The molecule has 1 atom stereocenters. The van der Waals surface area contributed by atoms with Crippen LogP contribution >= 0.6 is 0 Å². The predicted molar refractivity (Wildman–Crippen MR) is 116 cm³/mol. The minimum atomic E-state index is -0.635. The van der Waals surface area contributed by atoms with E-state index in [1.165, 1.54) is 0 Å². The number of ether oxygens (including phenoxy) is 1. The van der Waals surface area contributed by atoms with Crippen LogP contribution < -0.4 is 15.4 Å². The van der Waals surface area contributed by atoms with Gasteiger partial charge in [0, 0.05) is 31.1 Å². The highest BCUT2D eigenvalue weighted by molar-refractivity contribution is 5.97. The van der Waals surface area contributed by atoms with E-state index >= 15 is 0 Å². The van der Waals surface area contributed by atoms with Crippen LogP contribution in [0.2, 0.25) is 0 Å². The smallest absolute Gasteiger partial charge is 0.251 e. The molecule has 1 aliphatic heterocycles. The van der Waals surface area contributed by atoms with Gasteiger partial charge < -0.3 is 20.3 Å². The highest BCUT2D eigenvalue weighted by Crippen LogP contribution is 2.23. The van der Waals surface area contributed by atoms with Crippen molar-refractivity contribution in [2.24, 2.45) is 11.8 Å². The van der Waals surface area contributed by atoms with Gasteiger partial charge in [0.05, 0.1) is 7.11 Å². The van der Waals surface area contributed by atoms with Gasteiger partial charge in [-0.15, -0.1) is 0 Å². The zero-order valence-corrected chi connectivity index (χ0v) is 18.7. The molecule has 0 spiro atoms. The van der Waals surface area contributed by atoms with E-state index in [0.29, 0.717) is 49.6 Å². The Morgan fingerprint density at radius 2 is 1.63 bits per heavy atom. The molecule has 1 heterocycles. The molecule has 1 saturated heterocycles. The quantitative estimate of drug-likeness (QED) is 0.681. The number of piperidine rings is 1. The number of hydrogen-bond donors (Lipinski definition) is 2. The van der Waals surface area contributed by atoms with Crippen molar-refractivity contribution < 1.29 is 19.1 Å². The topological polar surface area (TPSA) is 87.7 Å². The zero-order valence-electron chi connectivity index (χ0n) is 18.7. The zero-order chi connectivity index (χ0) is 22.3. The van der Waals surface area contributed by atoms with Crippen molar-refractivity contribution in [1.29, 1.82) is 0 Å². The number of methoxy groups -OCH3 is 1. The summed E-state index contributed by atoms with van der Waals surface area (Å²) in [4.78, 5) is 39.9. The summed E-state index contributed by atoms with van der Waals surface area (Å²) < 4.78 is 5.13. The lowest BCUT2D eigenvalue weighted by atomic mass is 9.88. The van der Waals surface area contributed by atoms with E-state index in [4.69, 9.17) is 4.74 Å². The van der Waals surface area contributed by atoms with Crippen LogP contribution in [0, 0.1) is 11.8 Å². The number of carbonyl (C=O) groups is 3. The molecule has 0 radical (unpaired) electrons. The lowest BCUT2D eigenvalue weighted by molar-refractivity contribution is -0.133. The Balaban J connectivity index is 2.07. The maximum Gasteiger partial charge on any atom is 0.251 e. The highest BCUT2D eigenvalue weighted by atomic mass is 16.5. The number of nitrogens with zero attached hydrogens (tertiary/aromatic N) is 1. The first-order valence-electron chi connectivity index (χ1n) is 10.7. The van der Waals surface area contributed by atoms with E-state index in [2.05, 4.69) is 10.6 Å². The molecule has 1 aliphatic rings. The summed E-state index contributed by atoms with van der Waals surface area (Å²) in [5.41, 5.74) is 0.475. The van der Waals surface area contributed by atoms with Gasteiger partial charge in [0.25, 0.3) is 5.91 Å². The molecule has 0 unspecified atom stereocenters. The molecule has 2 N–H and O–H groups in total. The van der Waals surface area contributed by atoms with Crippen molar-refractivity contribution in [2.45, 2.75) is 59.0 Å². The molecule has 30 heavy (non-hydrogen) atoms. The maximum atomic E-state index is 12.9. The third-order valence-corrected chi connectivity index (χ3v) is 5.30. The Hall–Kier alpha value is -2.57. The minimum Gasteiger partial charge on any atom is -0.497 e. The SMILES string of the molecule is COc1ccc(C(=O)N[C@@H](C(=O)NC(C)C)C2CCN(C(=O)CC(C)C)CC2)cc1. The number of carbonyl (C=O) groups excluding carboxylic acids is 3. The number of likely N-dealkylation sites (tertiary alicyclic amines) is 1. The van der Waals surface area contributed by atoms with E-state index in [0.717, 1.165) is 0 Å². The van der Waals surface area contributed by atoms with Crippen molar-refractivity contribution >= 4 is 17.7 Å². The Bertz CT molecular complexity index is 722. The van der Waals surface area contributed by atoms with Crippen LogP contribution in [0.5, 0.6) is 5.75 Å². The first kappa shape index (κ1) is 23.7. The summed E-state index contributed by atoms with van der Waals surface area (Å²) in [5, 5.41) is 5.85. The lowest BCUT2D eigenvalue weighted by Gasteiger charge is -2.36. The van der Waals surface area contributed by atoms with Crippen LogP contribution in [0.15, 0.2) is 24.3 Å². The summed E-state index contributed by atoms with van der Waals surface area (Å²) >= 11 is 0. The van der Waals surface area contributed by atoms with Crippen molar-refractivity contribution in [2.75, 3.05) is 20.2 Å². The molecular formula is C23H35N3O4. The van der Waals surface area contributed by atoms with Gasteiger partial charge in [0.1, 0.15) is 11.8 Å². The number of amides is 3. The van der Waals surface area contributed by atoms with Crippen molar-refractivity contribution in [3.63, 3.8) is 0 Å². The molecule has 7 nitrogen and oxygen atoms in total. The van der Waals surface area contributed by atoms with Gasteiger partial charge in [-0.1, -0.05) is 13.8 Å². The molecule has 3 amide bonds. The molecular weight excluding hydrogens is 382 g/mol. The van der Waals surface area contributed by atoms with Crippen molar-refractivity contribution in [1.82, 2.24) is 15.5 Å². The van der Waals surface area contributed by atoms with Gasteiger partial charge in [0.15, 0.2) is 0 Å². The molecule has 0 aromatic heterocycles. The summed E-state index contributed by atoms with van der Waals surface area (Å²) in [7, 11) is 1.57. The third-order valence-electron chi connectivity index (χ3n) is 5.30. The fourth-order valence-corrected chi connectivity index (χ4v) is 3.70. The fourth-order valence-electron chi connectivity index (χ4n) is 3.70. The Morgan fingerprint density at radius 1 is 1.03 bits per heavy atom. The van der Waals surface area contributed by atoms with Gasteiger partial charge in [0.2, 0.25) is 11.8 Å². The number of benzene rings is 1. The molecule has 2 rings (SSSR count). The lowest BCUT2D eigenvalue weighted by Crippen LogP contribution is -2.54. The molecule has 0 saturated carbocycles. The Kier molecular flexibility index (Phi) is 8.69. The van der Waals surface area contributed by atoms with Crippen LogP contribution in [0.4, 0.5) is 0 Å². The second-order valence-corrected chi connectivity index (χ2v) is 8.66. The van der Waals surface area contributed by atoms with Crippen LogP contribution in [0.3, 0.4) is 0 Å². The summed E-state index contributed by atoms with van der Waals surface area (Å²) in [6.45, 7) is 9.08. The Morgan fingerprint density at radius 3 is 2.13 bits per heavy atom. The number of hydrogen-bond acceptors (Lipinski definition) is 4. The second kappa shape index (κ2) is 11.0. The van der Waals surface area contributed by atoms with Crippen LogP contribution in [0.25, 0.3) is 0 Å². The van der Waals surface area contributed by atoms with E-state index in [9.17, 15) is 14.4 Å². The van der Waals surface area contributed by atoms with Crippen LogP contribution in [-0.2, 0) is 9.59 Å². The first-order valence-corrected chi connectivity index (χ1v) is 10.7.